The van der Waals surface area contributed by atoms with Crippen molar-refractivity contribution in [2.45, 2.75) is 13.3 Å². The standard InChI is InChI=1S/C7H15NO/c1-2-9-7-5-3-4-6-8/h3,5H,2,4,6-8H2,1H3/b5-3+. The molecule has 0 aliphatic rings. The number of nitrogens with two attached hydrogens (primary N) is 1. The zero-order valence-electron chi connectivity index (χ0n) is 5.97. The lowest BCUT2D eigenvalue weighted by atomic mass is 10.4. The van der Waals surface area contributed by atoms with E-state index in [-0.39, 0.29) is 0 Å². The van der Waals surface area contributed by atoms with Crippen LogP contribution in [0.5, 0.6) is 0 Å². The molecule has 0 aliphatic heterocycles. The van der Waals surface area contributed by atoms with Gasteiger partial charge in [0.15, 0.2) is 0 Å². The quantitative estimate of drug-likeness (QED) is 0.442. The summed E-state index contributed by atoms with van der Waals surface area (Å²) in [5.41, 5.74) is 5.25. The summed E-state index contributed by atoms with van der Waals surface area (Å²) in [6.07, 6.45) is 4.99. The molecule has 0 aromatic carbocycles. The lowest BCUT2D eigenvalue weighted by Gasteiger charge is -1.91. The molecule has 0 aliphatic carbocycles. The molecule has 0 fully saturated rings. The Balaban J connectivity index is 2.86. The average Bonchev–Trinajstić information content (AvgIpc) is 1.89. The van der Waals surface area contributed by atoms with Crippen molar-refractivity contribution in [2.75, 3.05) is 19.8 Å². The lowest BCUT2D eigenvalue weighted by molar-refractivity contribution is 0.177. The summed E-state index contributed by atoms with van der Waals surface area (Å²) in [4.78, 5) is 0. The summed E-state index contributed by atoms with van der Waals surface area (Å²) < 4.78 is 5.05. The smallest absolute Gasteiger partial charge is 0.0647 e. The Labute approximate surface area is 56.7 Å². The molecule has 9 heavy (non-hydrogen) atoms. The highest BCUT2D eigenvalue weighted by atomic mass is 16.5. The van der Waals surface area contributed by atoms with Crippen LogP contribution >= 0.6 is 0 Å². The van der Waals surface area contributed by atoms with E-state index in [0.29, 0.717) is 0 Å². The van der Waals surface area contributed by atoms with Crippen LogP contribution in [0.4, 0.5) is 0 Å². The van der Waals surface area contributed by atoms with Crippen molar-refractivity contribution < 1.29 is 4.74 Å². The van der Waals surface area contributed by atoms with Gasteiger partial charge in [0.05, 0.1) is 6.61 Å². The van der Waals surface area contributed by atoms with E-state index in [4.69, 9.17) is 10.5 Å². The fraction of sp³-hybridized carbons (Fsp3) is 0.714. The molecule has 2 N–H and O–H groups in total. The molecular formula is C7H15NO. The zero-order valence-corrected chi connectivity index (χ0v) is 5.97. The number of hydrogen-bond donors (Lipinski definition) is 1. The first kappa shape index (κ1) is 8.66. The molecule has 0 aromatic heterocycles. The van der Waals surface area contributed by atoms with Gasteiger partial charge in [-0.05, 0) is 19.9 Å². The van der Waals surface area contributed by atoms with Crippen molar-refractivity contribution in [1.29, 1.82) is 0 Å². The van der Waals surface area contributed by atoms with E-state index in [1.807, 2.05) is 19.1 Å². The van der Waals surface area contributed by atoms with Crippen molar-refractivity contribution in [3.8, 4) is 0 Å². The van der Waals surface area contributed by atoms with Crippen LogP contribution in [0.1, 0.15) is 13.3 Å². The van der Waals surface area contributed by atoms with E-state index >= 15 is 0 Å². The van der Waals surface area contributed by atoms with Crippen LogP contribution in [-0.4, -0.2) is 19.8 Å². The normalized spacial score (nSPS) is 10.9. The Kier molecular flexibility index (Phi) is 7.37. The zero-order chi connectivity index (χ0) is 6.95. The second kappa shape index (κ2) is 7.66. The van der Waals surface area contributed by atoms with Gasteiger partial charge >= 0.3 is 0 Å². The average molecular weight is 129 g/mol. The van der Waals surface area contributed by atoms with Crippen LogP contribution in [-0.2, 0) is 4.74 Å². The minimum Gasteiger partial charge on any atom is -0.378 e. The van der Waals surface area contributed by atoms with E-state index in [0.717, 1.165) is 26.2 Å². The van der Waals surface area contributed by atoms with Crippen molar-refractivity contribution in [2.24, 2.45) is 5.73 Å². The first-order chi connectivity index (χ1) is 4.41. The van der Waals surface area contributed by atoms with Crippen LogP contribution in [0, 0.1) is 0 Å². The third-order valence-electron chi connectivity index (χ3n) is 0.918. The Morgan fingerprint density at radius 3 is 2.78 bits per heavy atom. The monoisotopic (exact) mass is 129 g/mol. The Bertz CT molecular complexity index is 71.3. The summed E-state index contributed by atoms with van der Waals surface area (Å²) in [6, 6.07) is 0. The molecule has 0 bridgehead atoms. The first-order valence-corrected chi connectivity index (χ1v) is 3.34. The molecule has 2 nitrogen and oxygen atoms in total. The summed E-state index contributed by atoms with van der Waals surface area (Å²) in [7, 11) is 0. The molecule has 0 unspecified atom stereocenters. The van der Waals surface area contributed by atoms with Gasteiger partial charge in [-0.1, -0.05) is 12.2 Å². The molecule has 54 valence electrons. The Hall–Kier alpha value is -0.340. The van der Waals surface area contributed by atoms with Crippen LogP contribution in [0.15, 0.2) is 12.2 Å². The highest BCUT2D eigenvalue weighted by Crippen LogP contribution is 1.80. The van der Waals surface area contributed by atoms with Crippen LogP contribution in [0.2, 0.25) is 0 Å². The second-order valence-electron chi connectivity index (χ2n) is 1.71. The Morgan fingerprint density at radius 1 is 1.44 bits per heavy atom. The summed E-state index contributed by atoms with van der Waals surface area (Å²) >= 11 is 0. The maximum absolute atomic E-state index is 5.25. The van der Waals surface area contributed by atoms with Gasteiger partial charge in [0, 0.05) is 6.61 Å². The highest BCUT2D eigenvalue weighted by Gasteiger charge is 1.74. The predicted octanol–water partition coefficient (Wildman–Crippen LogP) is 0.928. The van der Waals surface area contributed by atoms with Crippen LogP contribution < -0.4 is 5.73 Å². The molecule has 0 heterocycles. The molecule has 0 atom stereocenters. The maximum Gasteiger partial charge on any atom is 0.0647 e. The van der Waals surface area contributed by atoms with Gasteiger partial charge in [-0.2, -0.15) is 0 Å². The minimum absolute atomic E-state index is 0.719. The molecule has 0 saturated heterocycles. The van der Waals surface area contributed by atoms with Gasteiger partial charge in [-0.3, -0.25) is 0 Å². The number of hydrogen-bond acceptors (Lipinski definition) is 2. The molecule has 2 heteroatoms. The van der Waals surface area contributed by atoms with Crippen molar-refractivity contribution in [1.82, 2.24) is 0 Å². The number of rotatable bonds is 5. The lowest BCUT2D eigenvalue weighted by Crippen LogP contribution is -1.95. The molecule has 0 aromatic rings. The van der Waals surface area contributed by atoms with E-state index in [9.17, 15) is 0 Å². The van der Waals surface area contributed by atoms with Crippen LogP contribution in [0.25, 0.3) is 0 Å². The van der Waals surface area contributed by atoms with E-state index in [1.54, 1.807) is 0 Å². The van der Waals surface area contributed by atoms with E-state index in [1.165, 1.54) is 0 Å². The third kappa shape index (κ3) is 7.66. The summed E-state index contributed by atoms with van der Waals surface area (Å²) in [5, 5.41) is 0. The van der Waals surface area contributed by atoms with E-state index < -0.39 is 0 Å². The molecule has 0 spiro atoms. The third-order valence-corrected chi connectivity index (χ3v) is 0.918. The van der Waals surface area contributed by atoms with Crippen molar-refractivity contribution >= 4 is 0 Å². The summed E-state index contributed by atoms with van der Waals surface area (Å²) in [6.45, 7) is 4.21. The van der Waals surface area contributed by atoms with Crippen molar-refractivity contribution in [3.63, 3.8) is 0 Å². The second-order valence-corrected chi connectivity index (χ2v) is 1.71. The fourth-order valence-corrected chi connectivity index (χ4v) is 0.468. The van der Waals surface area contributed by atoms with Crippen molar-refractivity contribution in [3.05, 3.63) is 12.2 Å². The topological polar surface area (TPSA) is 35.2 Å². The van der Waals surface area contributed by atoms with Gasteiger partial charge in [-0.25, -0.2) is 0 Å². The SMILES string of the molecule is CCOC/C=C/CCN. The Morgan fingerprint density at radius 2 is 2.22 bits per heavy atom. The van der Waals surface area contributed by atoms with Gasteiger partial charge < -0.3 is 10.5 Å². The molecular weight excluding hydrogens is 114 g/mol. The highest BCUT2D eigenvalue weighted by molar-refractivity contribution is 4.81. The van der Waals surface area contributed by atoms with Crippen LogP contribution in [0.3, 0.4) is 0 Å². The molecule has 0 rings (SSSR count). The number of ether oxygens (including phenoxy) is 1. The van der Waals surface area contributed by atoms with Gasteiger partial charge in [0.1, 0.15) is 0 Å². The largest absolute Gasteiger partial charge is 0.378 e. The predicted molar refractivity (Wildman–Crippen MR) is 39.3 cm³/mol. The molecule has 0 radical (unpaired) electrons. The first-order valence-electron chi connectivity index (χ1n) is 3.34. The molecule has 0 amide bonds. The minimum atomic E-state index is 0.719. The van der Waals surface area contributed by atoms with Gasteiger partial charge in [0.2, 0.25) is 0 Å². The van der Waals surface area contributed by atoms with E-state index in [2.05, 4.69) is 0 Å². The molecule has 0 saturated carbocycles. The van der Waals surface area contributed by atoms with Gasteiger partial charge in [0.25, 0.3) is 0 Å². The maximum atomic E-state index is 5.25. The summed E-state index contributed by atoms with van der Waals surface area (Å²) in [5.74, 6) is 0. The fourth-order valence-electron chi connectivity index (χ4n) is 0.468. The van der Waals surface area contributed by atoms with Gasteiger partial charge in [-0.15, -0.1) is 0 Å².